The summed E-state index contributed by atoms with van der Waals surface area (Å²) in [5, 5.41) is 1.05. The van der Waals surface area contributed by atoms with Gasteiger partial charge in [-0.05, 0) is 57.4 Å². The van der Waals surface area contributed by atoms with Crippen LogP contribution in [-0.2, 0) is 16.0 Å². The zero-order valence-electron chi connectivity index (χ0n) is 14.4. The first-order valence-corrected chi connectivity index (χ1v) is 8.19. The number of nitrogens with zero attached hydrogens (tertiary/aromatic N) is 1. The third-order valence-corrected chi connectivity index (χ3v) is 3.39. The smallest absolute Gasteiger partial charge is 0.331 e. The van der Waals surface area contributed by atoms with E-state index in [2.05, 4.69) is 13.0 Å². The molecule has 23 heavy (non-hydrogen) atoms. The summed E-state index contributed by atoms with van der Waals surface area (Å²) < 4.78 is 5.33. The Hall–Kier alpha value is -2.16. The number of pyridine rings is 1. The number of hydrogen-bond donors (Lipinski definition) is 0. The molecule has 0 fully saturated rings. The van der Waals surface area contributed by atoms with Crippen molar-refractivity contribution in [1.29, 1.82) is 0 Å². The molecule has 0 atom stereocenters. The summed E-state index contributed by atoms with van der Waals surface area (Å²) in [7, 11) is 0. The molecule has 0 N–H and O–H groups in total. The summed E-state index contributed by atoms with van der Waals surface area (Å²) in [5.41, 5.74) is 2.56. The Bertz CT molecular complexity index is 711. The lowest BCUT2D eigenvalue weighted by Gasteiger charge is -2.18. The molecule has 0 bridgehead atoms. The second-order valence-electron chi connectivity index (χ2n) is 6.69. The molecule has 3 nitrogen and oxygen atoms in total. The van der Waals surface area contributed by atoms with Crippen LogP contribution in [0.15, 0.2) is 36.4 Å². The Balaban J connectivity index is 2.32. The van der Waals surface area contributed by atoms with Crippen LogP contribution in [0.1, 0.15) is 51.8 Å². The normalized spacial score (nSPS) is 12.0. The molecule has 0 aliphatic heterocycles. The predicted molar refractivity (Wildman–Crippen MR) is 95.2 cm³/mol. The highest BCUT2D eigenvalue weighted by Crippen LogP contribution is 2.21. The van der Waals surface area contributed by atoms with Gasteiger partial charge in [-0.3, -0.25) is 4.98 Å². The molecule has 1 aromatic heterocycles. The average molecular weight is 311 g/mol. The Morgan fingerprint density at radius 3 is 2.70 bits per heavy atom. The molecular formula is C20H25NO2. The third-order valence-electron chi connectivity index (χ3n) is 3.39. The average Bonchev–Trinajstić information content (AvgIpc) is 2.49. The fourth-order valence-electron chi connectivity index (χ4n) is 2.38. The summed E-state index contributed by atoms with van der Waals surface area (Å²) in [4.78, 5) is 16.6. The first kappa shape index (κ1) is 17.2. The fourth-order valence-corrected chi connectivity index (χ4v) is 2.38. The number of ether oxygens (including phenoxy) is 1. The van der Waals surface area contributed by atoms with Crippen molar-refractivity contribution in [1.82, 2.24) is 4.98 Å². The Labute approximate surface area is 138 Å². The summed E-state index contributed by atoms with van der Waals surface area (Å²) in [6, 6.07) is 10.1. The Morgan fingerprint density at radius 2 is 2.00 bits per heavy atom. The largest absolute Gasteiger partial charge is 0.457 e. The van der Waals surface area contributed by atoms with Gasteiger partial charge in [0, 0.05) is 17.2 Å². The first-order valence-electron chi connectivity index (χ1n) is 8.19. The Kier molecular flexibility index (Phi) is 5.54. The highest BCUT2D eigenvalue weighted by molar-refractivity contribution is 5.93. The van der Waals surface area contributed by atoms with Crippen LogP contribution in [0.4, 0.5) is 0 Å². The van der Waals surface area contributed by atoms with E-state index >= 15 is 0 Å². The van der Waals surface area contributed by atoms with Crippen molar-refractivity contribution in [2.24, 2.45) is 0 Å². The maximum absolute atomic E-state index is 11.9. The Morgan fingerprint density at radius 1 is 1.26 bits per heavy atom. The van der Waals surface area contributed by atoms with Gasteiger partial charge in [0.15, 0.2) is 0 Å². The fraction of sp³-hybridized carbons (Fsp3) is 0.400. The minimum Gasteiger partial charge on any atom is -0.457 e. The minimum atomic E-state index is -0.478. The van der Waals surface area contributed by atoms with Crippen LogP contribution in [0.5, 0.6) is 0 Å². The first-order chi connectivity index (χ1) is 10.9. The molecule has 0 unspecified atom stereocenters. The number of rotatable bonds is 5. The molecular weight excluding hydrogens is 286 g/mol. The molecule has 0 aliphatic rings. The number of benzene rings is 1. The SMILES string of the molecule is CCCCc1cc(/C=C/C(=O)OC(C)(C)C)c2ccccc2n1. The molecule has 0 amide bonds. The number of para-hydroxylation sites is 1. The van der Waals surface area contributed by atoms with Gasteiger partial charge in [0.25, 0.3) is 0 Å². The van der Waals surface area contributed by atoms with Crippen molar-refractivity contribution in [3.8, 4) is 0 Å². The van der Waals surface area contributed by atoms with Gasteiger partial charge in [0.2, 0.25) is 0 Å². The lowest BCUT2D eigenvalue weighted by molar-refractivity contribution is -0.148. The third kappa shape index (κ3) is 5.20. The molecule has 0 saturated heterocycles. The lowest BCUT2D eigenvalue weighted by atomic mass is 10.0. The zero-order valence-corrected chi connectivity index (χ0v) is 14.4. The van der Waals surface area contributed by atoms with Crippen molar-refractivity contribution in [3.63, 3.8) is 0 Å². The second kappa shape index (κ2) is 7.40. The van der Waals surface area contributed by atoms with Crippen LogP contribution in [0.3, 0.4) is 0 Å². The molecule has 2 aromatic rings. The molecule has 0 radical (unpaired) electrons. The molecule has 1 heterocycles. The van der Waals surface area contributed by atoms with Gasteiger partial charge in [-0.2, -0.15) is 0 Å². The van der Waals surface area contributed by atoms with Gasteiger partial charge in [-0.15, -0.1) is 0 Å². The van der Waals surface area contributed by atoms with E-state index in [0.717, 1.165) is 41.4 Å². The number of aryl methyl sites for hydroxylation is 1. The molecule has 0 aliphatic carbocycles. The van der Waals surface area contributed by atoms with Crippen LogP contribution >= 0.6 is 0 Å². The van der Waals surface area contributed by atoms with Gasteiger partial charge in [0.1, 0.15) is 5.60 Å². The molecule has 1 aromatic carbocycles. The quantitative estimate of drug-likeness (QED) is 0.580. The lowest BCUT2D eigenvalue weighted by Crippen LogP contribution is -2.22. The predicted octanol–water partition coefficient (Wildman–Crippen LogP) is 4.93. The van der Waals surface area contributed by atoms with Gasteiger partial charge in [-0.1, -0.05) is 31.5 Å². The number of fused-ring (bicyclic) bond motifs is 1. The summed E-state index contributed by atoms with van der Waals surface area (Å²) >= 11 is 0. The number of unbranched alkanes of at least 4 members (excludes halogenated alkanes) is 1. The van der Waals surface area contributed by atoms with E-state index in [1.54, 1.807) is 0 Å². The second-order valence-corrected chi connectivity index (χ2v) is 6.69. The van der Waals surface area contributed by atoms with E-state index in [1.807, 2.05) is 51.1 Å². The number of carbonyl (C=O) groups is 1. The zero-order chi connectivity index (χ0) is 16.9. The van der Waals surface area contributed by atoms with E-state index in [0.29, 0.717) is 0 Å². The van der Waals surface area contributed by atoms with Crippen LogP contribution in [-0.4, -0.2) is 16.6 Å². The highest BCUT2D eigenvalue weighted by atomic mass is 16.6. The summed E-state index contributed by atoms with van der Waals surface area (Å²) in [6.45, 7) is 7.76. The van der Waals surface area contributed by atoms with Gasteiger partial charge in [-0.25, -0.2) is 4.79 Å². The van der Waals surface area contributed by atoms with Crippen molar-refractivity contribution in [2.45, 2.75) is 52.6 Å². The number of aromatic nitrogens is 1. The summed E-state index contributed by atoms with van der Waals surface area (Å²) in [6.07, 6.45) is 6.52. The molecule has 0 saturated carbocycles. The van der Waals surface area contributed by atoms with Gasteiger partial charge in [0.05, 0.1) is 5.52 Å². The number of carbonyl (C=O) groups excluding carboxylic acids is 1. The number of hydrogen-bond acceptors (Lipinski definition) is 3. The monoisotopic (exact) mass is 311 g/mol. The van der Waals surface area contributed by atoms with E-state index in [4.69, 9.17) is 9.72 Å². The van der Waals surface area contributed by atoms with Crippen LogP contribution in [0, 0.1) is 0 Å². The van der Waals surface area contributed by atoms with Crippen molar-refractivity contribution in [3.05, 3.63) is 47.7 Å². The van der Waals surface area contributed by atoms with Crippen molar-refractivity contribution < 1.29 is 9.53 Å². The van der Waals surface area contributed by atoms with E-state index in [9.17, 15) is 4.79 Å². The highest BCUT2D eigenvalue weighted by Gasteiger charge is 2.14. The van der Waals surface area contributed by atoms with Crippen molar-refractivity contribution >= 4 is 22.9 Å². The molecule has 0 spiro atoms. The molecule has 2 rings (SSSR count). The maximum Gasteiger partial charge on any atom is 0.331 e. The van der Waals surface area contributed by atoms with Crippen LogP contribution < -0.4 is 0 Å². The van der Waals surface area contributed by atoms with Crippen LogP contribution in [0.2, 0.25) is 0 Å². The summed E-state index contributed by atoms with van der Waals surface area (Å²) in [5.74, 6) is -0.325. The molecule has 3 heteroatoms. The maximum atomic E-state index is 11.9. The van der Waals surface area contributed by atoms with Crippen molar-refractivity contribution in [2.75, 3.05) is 0 Å². The van der Waals surface area contributed by atoms with Gasteiger partial charge >= 0.3 is 5.97 Å². The van der Waals surface area contributed by atoms with E-state index < -0.39 is 5.60 Å². The van der Waals surface area contributed by atoms with Crippen LogP contribution in [0.25, 0.3) is 17.0 Å². The minimum absolute atomic E-state index is 0.325. The number of esters is 1. The molecule has 122 valence electrons. The van der Waals surface area contributed by atoms with Gasteiger partial charge < -0.3 is 4.74 Å². The van der Waals surface area contributed by atoms with E-state index in [-0.39, 0.29) is 5.97 Å². The standard InChI is InChI=1S/C20H25NO2/c1-5-6-9-16-14-15(12-13-19(22)23-20(2,3)4)17-10-7-8-11-18(17)21-16/h7-8,10-14H,5-6,9H2,1-4H3/b13-12+. The van der Waals surface area contributed by atoms with E-state index in [1.165, 1.54) is 6.08 Å². The topological polar surface area (TPSA) is 39.2 Å².